The molecule has 32 heavy (non-hydrogen) atoms. The van der Waals surface area contributed by atoms with Crippen LogP contribution < -0.4 is 10.1 Å². The number of benzene rings is 1. The summed E-state index contributed by atoms with van der Waals surface area (Å²) in [6.45, 7) is 3.49. The van der Waals surface area contributed by atoms with Gasteiger partial charge in [-0.05, 0) is 43.4 Å². The molecule has 0 radical (unpaired) electrons. The Morgan fingerprint density at radius 3 is 2.66 bits per heavy atom. The quantitative estimate of drug-likeness (QED) is 0.748. The molecule has 0 spiro atoms. The summed E-state index contributed by atoms with van der Waals surface area (Å²) in [4.78, 5) is 38.3. The topological polar surface area (TPSA) is 87.7 Å². The molecule has 1 aromatic heterocycles. The van der Waals surface area contributed by atoms with Crippen molar-refractivity contribution in [2.75, 3.05) is 32.6 Å². The Bertz CT molecular complexity index is 992. The Labute approximate surface area is 189 Å². The molecular formula is C24H31N5O3. The van der Waals surface area contributed by atoms with Gasteiger partial charge in [0.2, 0.25) is 11.8 Å². The van der Waals surface area contributed by atoms with Crippen molar-refractivity contribution in [1.29, 1.82) is 0 Å². The van der Waals surface area contributed by atoms with Gasteiger partial charge in [0.05, 0.1) is 25.4 Å². The zero-order valence-corrected chi connectivity index (χ0v) is 19.1. The van der Waals surface area contributed by atoms with E-state index in [4.69, 9.17) is 14.7 Å². The van der Waals surface area contributed by atoms with E-state index in [-0.39, 0.29) is 17.9 Å². The van der Waals surface area contributed by atoms with Gasteiger partial charge in [-0.2, -0.15) is 0 Å². The zero-order chi connectivity index (χ0) is 22.7. The van der Waals surface area contributed by atoms with Gasteiger partial charge in [-0.1, -0.05) is 12.1 Å². The van der Waals surface area contributed by atoms with Gasteiger partial charge in [0.25, 0.3) is 0 Å². The maximum absolute atomic E-state index is 13.1. The van der Waals surface area contributed by atoms with Gasteiger partial charge in [-0.15, -0.1) is 0 Å². The third-order valence-corrected chi connectivity index (χ3v) is 6.42. The van der Waals surface area contributed by atoms with Crippen LogP contribution in [-0.4, -0.2) is 58.8 Å². The molecule has 8 heteroatoms. The van der Waals surface area contributed by atoms with Crippen LogP contribution >= 0.6 is 0 Å². The van der Waals surface area contributed by atoms with E-state index in [1.165, 1.54) is 0 Å². The highest BCUT2D eigenvalue weighted by Crippen LogP contribution is 2.33. The number of anilines is 1. The molecule has 4 rings (SSSR count). The highest BCUT2D eigenvalue weighted by Gasteiger charge is 2.33. The molecule has 0 unspecified atom stereocenters. The third-order valence-electron chi connectivity index (χ3n) is 6.42. The molecule has 8 nitrogen and oxygen atoms in total. The highest BCUT2D eigenvalue weighted by atomic mass is 16.5. The molecule has 2 amide bonds. The van der Waals surface area contributed by atoms with Crippen molar-refractivity contribution in [2.24, 2.45) is 0 Å². The van der Waals surface area contributed by atoms with Gasteiger partial charge in [-0.25, -0.2) is 9.97 Å². The molecule has 1 aromatic carbocycles. The molecule has 0 saturated carbocycles. The van der Waals surface area contributed by atoms with Crippen molar-refractivity contribution in [1.82, 2.24) is 19.8 Å². The number of aryl methyl sites for hydroxylation is 1. The Balaban J connectivity index is 1.50. The number of rotatable bonds is 6. The first kappa shape index (κ1) is 22.0. The average Bonchev–Trinajstić information content (AvgIpc) is 3.31. The number of hydrogen-bond acceptors (Lipinski definition) is 6. The van der Waals surface area contributed by atoms with Crippen LogP contribution in [0.25, 0.3) is 0 Å². The molecule has 0 bridgehead atoms. The molecule has 2 aromatic rings. The number of nitrogens with one attached hydrogen (secondary N) is 1. The van der Waals surface area contributed by atoms with Crippen LogP contribution in [0.2, 0.25) is 0 Å². The van der Waals surface area contributed by atoms with Crippen molar-refractivity contribution >= 4 is 17.6 Å². The van der Waals surface area contributed by atoms with E-state index in [0.29, 0.717) is 31.8 Å². The van der Waals surface area contributed by atoms with Crippen LogP contribution in [0.4, 0.5) is 5.82 Å². The number of carbonyl (C=O) groups is 2. The number of carbonyl (C=O) groups excluding carboxylic acids is 2. The van der Waals surface area contributed by atoms with Gasteiger partial charge in [0, 0.05) is 39.0 Å². The molecule has 1 atom stereocenters. The minimum atomic E-state index is -0.122. The predicted molar refractivity (Wildman–Crippen MR) is 121 cm³/mol. The maximum Gasteiger partial charge on any atom is 0.223 e. The minimum absolute atomic E-state index is 0.0537. The van der Waals surface area contributed by atoms with Crippen molar-refractivity contribution < 1.29 is 14.3 Å². The van der Waals surface area contributed by atoms with E-state index in [1.54, 1.807) is 14.0 Å². The van der Waals surface area contributed by atoms with Gasteiger partial charge < -0.3 is 19.9 Å². The summed E-state index contributed by atoms with van der Waals surface area (Å²) < 4.78 is 5.20. The molecule has 1 fully saturated rings. The predicted octanol–water partition coefficient (Wildman–Crippen LogP) is 2.73. The zero-order valence-electron chi connectivity index (χ0n) is 19.1. The van der Waals surface area contributed by atoms with E-state index in [1.807, 2.05) is 41.1 Å². The van der Waals surface area contributed by atoms with Gasteiger partial charge in [0.1, 0.15) is 11.6 Å². The van der Waals surface area contributed by atoms with Crippen molar-refractivity contribution in [3.8, 4) is 5.75 Å². The second-order valence-corrected chi connectivity index (χ2v) is 8.39. The van der Waals surface area contributed by atoms with Crippen molar-refractivity contribution in [2.45, 2.75) is 51.6 Å². The fourth-order valence-electron chi connectivity index (χ4n) is 4.59. The van der Waals surface area contributed by atoms with Crippen LogP contribution in [-0.2, 0) is 29.0 Å². The monoisotopic (exact) mass is 437 g/mol. The van der Waals surface area contributed by atoms with Crippen LogP contribution in [0.1, 0.15) is 54.9 Å². The first-order valence-corrected chi connectivity index (χ1v) is 11.3. The van der Waals surface area contributed by atoms with Crippen LogP contribution in [0.15, 0.2) is 24.3 Å². The van der Waals surface area contributed by atoms with Crippen molar-refractivity contribution in [3.63, 3.8) is 0 Å². The van der Waals surface area contributed by atoms with E-state index in [9.17, 15) is 9.59 Å². The van der Waals surface area contributed by atoms with E-state index >= 15 is 0 Å². The molecule has 3 heterocycles. The maximum atomic E-state index is 13.1. The first-order chi connectivity index (χ1) is 15.5. The Kier molecular flexibility index (Phi) is 6.58. The normalized spacial score (nSPS) is 17.8. The summed E-state index contributed by atoms with van der Waals surface area (Å²) in [6.07, 6.45) is 3.66. The molecule has 1 N–H and O–H groups in total. The van der Waals surface area contributed by atoms with Gasteiger partial charge in [0.15, 0.2) is 5.82 Å². The van der Waals surface area contributed by atoms with E-state index < -0.39 is 0 Å². The third kappa shape index (κ3) is 4.54. The number of ether oxygens (including phenoxy) is 1. The smallest absolute Gasteiger partial charge is 0.223 e. The number of aromatic nitrogens is 2. The van der Waals surface area contributed by atoms with E-state index in [0.717, 1.165) is 54.2 Å². The number of nitrogens with zero attached hydrogens (tertiary/aromatic N) is 4. The summed E-state index contributed by atoms with van der Waals surface area (Å²) in [6, 6.07) is 7.72. The Morgan fingerprint density at radius 2 is 1.97 bits per heavy atom. The van der Waals surface area contributed by atoms with Crippen LogP contribution in [0.5, 0.6) is 5.75 Å². The summed E-state index contributed by atoms with van der Waals surface area (Å²) >= 11 is 0. The SMILES string of the molecule is CNc1nc([C@@H]2CCCN2C(=O)CCc2ccc(OC)cc2)nc2c1CCN(C(C)=O)C2. The van der Waals surface area contributed by atoms with Gasteiger partial charge in [-0.3, -0.25) is 9.59 Å². The number of likely N-dealkylation sites (tertiary alicyclic amines) is 1. The number of hydrogen-bond donors (Lipinski definition) is 1. The second-order valence-electron chi connectivity index (χ2n) is 8.39. The standard InChI is InChI=1S/C24H31N5O3/c1-16(30)28-14-12-19-20(15-28)26-24(27-23(19)25-2)21-5-4-13-29(21)22(31)11-8-17-6-9-18(32-3)10-7-17/h6-7,9-10,21H,4-5,8,11-15H2,1-3H3,(H,25,26,27)/t21-/m0/s1. The van der Waals surface area contributed by atoms with E-state index in [2.05, 4.69) is 5.32 Å². The van der Waals surface area contributed by atoms with Gasteiger partial charge >= 0.3 is 0 Å². The Morgan fingerprint density at radius 1 is 1.19 bits per heavy atom. The minimum Gasteiger partial charge on any atom is -0.497 e. The first-order valence-electron chi connectivity index (χ1n) is 11.3. The molecule has 2 aliphatic rings. The lowest BCUT2D eigenvalue weighted by Crippen LogP contribution is -2.36. The summed E-state index contributed by atoms with van der Waals surface area (Å²) in [5.74, 6) is 2.48. The highest BCUT2D eigenvalue weighted by molar-refractivity contribution is 5.77. The molecule has 170 valence electrons. The van der Waals surface area contributed by atoms with Crippen LogP contribution in [0, 0.1) is 0 Å². The fourth-order valence-corrected chi connectivity index (χ4v) is 4.59. The average molecular weight is 438 g/mol. The fraction of sp³-hybridized carbons (Fsp3) is 0.500. The van der Waals surface area contributed by atoms with Crippen LogP contribution in [0.3, 0.4) is 0 Å². The van der Waals surface area contributed by atoms with Crippen molar-refractivity contribution in [3.05, 3.63) is 46.9 Å². The molecular weight excluding hydrogens is 406 g/mol. The largest absolute Gasteiger partial charge is 0.497 e. The summed E-state index contributed by atoms with van der Waals surface area (Å²) in [5, 5.41) is 3.19. The second kappa shape index (κ2) is 9.54. The molecule has 0 aliphatic carbocycles. The molecule has 2 aliphatic heterocycles. The lowest BCUT2D eigenvalue weighted by atomic mass is 10.0. The lowest BCUT2D eigenvalue weighted by Gasteiger charge is -2.30. The summed E-state index contributed by atoms with van der Waals surface area (Å²) in [5.41, 5.74) is 3.07. The number of amides is 2. The number of methoxy groups -OCH3 is 1. The molecule has 1 saturated heterocycles. The number of fused-ring (bicyclic) bond motifs is 1. The lowest BCUT2D eigenvalue weighted by molar-refractivity contribution is -0.132. The summed E-state index contributed by atoms with van der Waals surface area (Å²) in [7, 11) is 3.50. The Hall–Kier alpha value is -3.16.